The Bertz CT molecular complexity index is 442. The maximum absolute atomic E-state index is 11.5. The van der Waals surface area contributed by atoms with E-state index in [0.29, 0.717) is 6.04 Å². The van der Waals surface area contributed by atoms with Gasteiger partial charge in [-0.3, -0.25) is 4.98 Å². The van der Waals surface area contributed by atoms with Gasteiger partial charge in [0.15, 0.2) is 0 Å². The zero-order chi connectivity index (χ0) is 12.3. The molecule has 6 heteroatoms. The highest BCUT2D eigenvalue weighted by molar-refractivity contribution is 7.91. The highest BCUT2D eigenvalue weighted by atomic mass is 32.2. The van der Waals surface area contributed by atoms with Crippen LogP contribution in [0.3, 0.4) is 0 Å². The summed E-state index contributed by atoms with van der Waals surface area (Å²) in [6, 6.07) is 0.325. The van der Waals surface area contributed by atoms with E-state index < -0.39 is 9.84 Å². The van der Waals surface area contributed by atoms with Gasteiger partial charge in [-0.15, -0.1) is 11.3 Å². The first-order valence-electron chi connectivity index (χ1n) is 5.85. The Morgan fingerprint density at radius 1 is 1.53 bits per heavy atom. The lowest BCUT2D eigenvalue weighted by molar-refractivity contribution is 0.372. The molecule has 2 unspecified atom stereocenters. The fourth-order valence-electron chi connectivity index (χ4n) is 2.29. The topological polar surface area (TPSA) is 59.1 Å². The number of rotatable bonds is 4. The Morgan fingerprint density at radius 3 is 3.00 bits per heavy atom. The molecule has 1 heterocycles. The van der Waals surface area contributed by atoms with E-state index in [1.54, 1.807) is 11.3 Å². The molecule has 1 fully saturated rings. The molecule has 1 aliphatic carbocycles. The summed E-state index contributed by atoms with van der Waals surface area (Å²) in [6.45, 7) is 0.797. The molecule has 0 aliphatic heterocycles. The van der Waals surface area contributed by atoms with Gasteiger partial charge < -0.3 is 5.32 Å². The summed E-state index contributed by atoms with van der Waals surface area (Å²) < 4.78 is 23.1. The maximum Gasteiger partial charge on any atom is 0.150 e. The fourth-order valence-corrected chi connectivity index (χ4v) is 4.02. The van der Waals surface area contributed by atoms with Crippen LogP contribution in [0.15, 0.2) is 11.7 Å². The zero-order valence-corrected chi connectivity index (χ0v) is 11.6. The Kier molecular flexibility index (Phi) is 4.17. The molecule has 1 N–H and O–H groups in total. The van der Waals surface area contributed by atoms with Crippen molar-refractivity contribution >= 4 is 21.2 Å². The van der Waals surface area contributed by atoms with Gasteiger partial charge >= 0.3 is 0 Å². The average Bonchev–Trinajstić information content (AvgIpc) is 2.78. The van der Waals surface area contributed by atoms with Crippen molar-refractivity contribution < 1.29 is 8.42 Å². The molecule has 1 saturated carbocycles. The van der Waals surface area contributed by atoms with Gasteiger partial charge in [-0.2, -0.15) is 0 Å². The van der Waals surface area contributed by atoms with Crippen molar-refractivity contribution in [1.82, 2.24) is 10.3 Å². The number of hydrogen-bond acceptors (Lipinski definition) is 5. The Hall–Kier alpha value is -0.460. The van der Waals surface area contributed by atoms with Crippen LogP contribution in [0, 0.1) is 0 Å². The Morgan fingerprint density at radius 2 is 2.35 bits per heavy atom. The van der Waals surface area contributed by atoms with Crippen molar-refractivity contribution in [3.8, 4) is 0 Å². The van der Waals surface area contributed by atoms with E-state index in [0.717, 1.165) is 32.2 Å². The summed E-state index contributed by atoms with van der Waals surface area (Å²) in [5.74, 6) is 0. The highest BCUT2D eigenvalue weighted by Crippen LogP contribution is 2.24. The number of nitrogens with one attached hydrogen (secondary N) is 1. The van der Waals surface area contributed by atoms with Crippen LogP contribution in [0.25, 0.3) is 0 Å². The molecule has 96 valence electrons. The molecular formula is C11H18N2O2S2. The van der Waals surface area contributed by atoms with Gasteiger partial charge in [-0.25, -0.2) is 8.42 Å². The first kappa shape index (κ1) is 13.0. The first-order valence-corrected chi connectivity index (χ1v) is 8.69. The second-order valence-electron chi connectivity index (χ2n) is 4.66. The van der Waals surface area contributed by atoms with E-state index in [2.05, 4.69) is 10.3 Å². The molecule has 17 heavy (non-hydrogen) atoms. The van der Waals surface area contributed by atoms with Crippen molar-refractivity contribution in [2.24, 2.45) is 0 Å². The van der Waals surface area contributed by atoms with Crippen LogP contribution < -0.4 is 5.32 Å². The smallest absolute Gasteiger partial charge is 0.150 e. The van der Waals surface area contributed by atoms with Crippen LogP contribution in [-0.4, -0.2) is 30.9 Å². The van der Waals surface area contributed by atoms with Crippen molar-refractivity contribution in [3.05, 3.63) is 16.6 Å². The number of hydrogen-bond donors (Lipinski definition) is 1. The van der Waals surface area contributed by atoms with E-state index >= 15 is 0 Å². The lowest BCUT2D eigenvalue weighted by atomic mass is 9.95. The third-order valence-electron chi connectivity index (χ3n) is 3.28. The fraction of sp³-hybridized carbons (Fsp3) is 0.727. The summed E-state index contributed by atoms with van der Waals surface area (Å²) >= 11 is 1.63. The molecule has 0 spiro atoms. The van der Waals surface area contributed by atoms with Crippen LogP contribution >= 0.6 is 11.3 Å². The summed E-state index contributed by atoms with van der Waals surface area (Å²) in [5.41, 5.74) is 1.82. The second kappa shape index (κ2) is 5.46. The van der Waals surface area contributed by atoms with Crippen molar-refractivity contribution in [3.63, 3.8) is 0 Å². The monoisotopic (exact) mass is 274 g/mol. The van der Waals surface area contributed by atoms with Crippen molar-refractivity contribution in [2.45, 2.75) is 43.5 Å². The van der Waals surface area contributed by atoms with E-state index in [1.165, 1.54) is 11.1 Å². The molecule has 2 atom stereocenters. The lowest BCUT2D eigenvalue weighted by Gasteiger charge is -2.28. The number of sulfone groups is 1. The van der Waals surface area contributed by atoms with Gasteiger partial charge in [0.05, 0.1) is 10.8 Å². The van der Waals surface area contributed by atoms with E-state index in [4.69, 9.17) is 0 Å². The molecule has 1 aliphatic rings. The predicted molar refractivity (Wildman–Crippen MR) is 69.8 cm³/mol. The Labute approximate surface area is 106 Å². The van der Waals surface area contributed by atoms with Gasteiger partial charge in [0, 0.05) is 29.9 Å². The largest absolute Gasteiger partial charge is 0.309 e. The molecular weight excluding hydrogens is 256 g/mol. The number of aromatic nitrogens is 1. The van der Waals surface area contributed by atoms with E-state index in [-0.39, 0.29) is 5.25 Å². The van der Waals surface area contributed by atoms with E-state index in [1.807, 2.05) is 11.7 Å². The van der Waals surface area contributed by atoms with Gasteiger partial charge in [0.2, 0.25) is 0 Å². The lowest BCUT2D eigenvalue weighted by Crippen LogP contribution is -2.38. The minimum Gasteiger partial charge on any atom is -0.309 e. The third kappa shape index (κ3) is 3.76. The van der Waals surface area contributed by atoms with Crippen molar-refractivity contribution in [1.29, 1.82) is 0 Å². The molecule has 1 aromatic heterocycles. The van der Waals surface area contributed by atoms with Crippen LogP contribution in [0.1, 0.15) is 30.6 Å². The molecule has 0 radical (unpaired) electrons. The normalized spacial score (nSPS) is 25.9. The van der Waals surface area contributed by atoms with Gasteiger partial charge in [0.25, 0.3) is 0 Å². The van der Waals surface area contributed by atoms with E-state index in [9.17, 15) is 8.42 Å². The standard InChI is InChI=1S/C11H18N2O2S2/c1-17(14,15)11-4-2-3-9(5-11)13-7-10-6-12-8-16-10/h6,8-9,11,13H,2-5,7H2,1H3. The first-order chi connectivity index (χ1) is 8.05. The van der Waals surface area contributed by atoms with Gasteiger partial charge in [-0.05, 0) is 19.3 Å². The molecule has 0 saturated heterocycles. The quantitative estimate of drug-likeness (QED) is 0.906. The van der Waals surface area contributed by atoms with Gasteiger partial charge in [-0.1, -0.05) is 6.42 Å². The number of thiazole rings is 1. The van der Waals surface area contributed by atoms with Gasteiger partial charge in [0.1, 0.15) is 9.84 Å². The molecule has 4 nitrogen and oxygen atoms in total. The SMILES string of the molecule is CS(=O)(=O)C1CCCC(NCc2cncs2)C1. The maximum atomic E-state index is 11.5. The molecule has 0 amide bonds. The average molecular weight is 274 g/mol. The summed E-state index contributed by atoms with van der Waals surface area (Å²) in [4.78, 5) is 5.22. The van der Waals surface area contributed by atoms with Crippen molar-refractivity contribution in [2.75, 3.05) is 6.26 Å². The van der Waals surface area contributed by atoms with Crippen LogP contribution in [0.4, 0.5) is 0 Å². The summed E-state index contributed by atoms with van der Waals surface area (Å²) in [6.07, 6.45) is 6.84. The molecule has 0 aromatic carbocycles. The van der Waals surface area contributed by atoms with Crippen LogP contribution in [0.2, 0.25) is 0 Å². The molecule has 2 rings (SSSR count). The zero-order valence-electron chi connectivity index (χ0n) is 9.93. The summed E-state index contributed by atoms with van der Waals surface area (Å²) in [5, 5.41) is 3.27. The molecule has 1 aromatic rings. The minimum atomic E-state index is -2.88. The second-order valence-corrected chi connectivity index (χ2v) is 7.96. The molecule has 0 bridgehead atoms. The third-order valence-corrected chi connectivity index (χ3v) is 5.70. The number of nitrogens with zero attached hydrogens (tertiary/aromatic N) is 1. The Balaban J connectivity index is 1.85. The van der Waals surface area contributed by atoms with Crippen LogP contribution in [-0.2, 0) is 16.4 Å². The van der Waals surface area contributed by atoms with Crippen LogP contribution in [0.5, 0.6) is 0 Å². The summed E-state index contributed by atoms with van der Waals surface area (Å²) in [7, 11) is -2.88. The minimum absolute atomic E-state index is 0.157. The highest BCUT2D eigenvalue weighted by Gasteiger charge is 2.28. The predicted octanol–water partition coefficient (Wildman–Crippen LogP) is 1.59.